The third-order valence-electron chi connectivity index (χ3n) is 3.49. The van der Waals surface area contributed by atoms with Crippen molar-refractivity contribution < 1.29 is 9.50 Å². The van der Waals surface area contributed by atoms with Crippen molar-refractivity contribution in [3.8, 4) is 5.69 Å². The molecule has 0 aliphatic heterocycles. The van der Waals surface area contributed by atoms with Crippen LogP contribution >= 0.6 is 0 Å². The van der Waals surface area contributed by atoms with Crippen LogP contribution in [0.2, 0.25) is 0 Å². The molecule has 0 spiro atoms. The zero-order valence-corrected chi connectivity index (χ0v) is 11.6. The molecule has 0 aliphatic carbocycles. The quantitative estimate of drug-likeness (QED) is 0.799. The van der Waals surface area contributed by atoms with E-state index in [4.69, 9.17) is 0 Å². The molecule has 0 aliphatic rings. The highest BCUT2D eigenvalue weighted by Gasteiger charge is 2.18. The van der Waals surface area contributed by atoms with Gasteiger partial charge in [-0.25, -0.2) is 9.07 Å². The van der Waals surface area contributed by atoms with Crippen molar-refractivity contribution in [2.24, 2.45) is 0 Å². The van der Waals surface area contributed by atoms with Crippen LogP contribution in [0.3, 0.4) is 0 Å². The van der Waals surface area contributed by atoms with E-state index in [1.807, 2.05) is 37.3 Å². The topological polar surface area (TPSA) is 38.1 Å². The molecule has 3 rings (SSSR count). The standard InChI is InChI=1S/C17H15FN2O/c1-12-7-8-13(18)11-15(12)17(21)16-9-10-19-20(16)14-5-3-2-4-6-14/h2-11,17,21H,1H3. The number of aryl methyl sites for hydroxylation is 1. The van der Waals surface area contributed by atoms with E-state index in [-0.39, 0.29) is 5.82 Å². The first-order chi connectivity index (χ1) is 10.2. The number of aromatic nitrogens is 2. The summed E-state index contributed by atoms with van der Waals surface area (Å²) in [6, 6.07) is 15.7. The minimum absolute atomic E-state index is 0.361. The Hall–Kier alpha value is -2.46. The van der Waals surface area contributed by atoms with Gasteiger partial charge in [-0.15, -0.1) is 0 Å². The summed E-state index contributed by atoms with van der Waals surface area (Å²) < 4.78 is 15.1. The van der Waals surface area contributed by atoms with Crippen molar-refractivity contribution in [2.75, 3.05) is 0 Å². The molecule has 0 saturated heterocycles. The van der Waals surface area contributed by atoms with Gasteiger partial charge in [-0.05, 0) is 48.4 Å². The zero-order chi connectivity index (χ0) is 14.8. The van der Waals surface area contributed by atoms with Crippen molar-refractivity contribution in [1.29, 1.82) is 0 Å². The molecule has 106 valence electrons. The molecule has 3 aromatic rings. The van der Waals surface area contributed by atoms with Crippen molar-refractivity contribution in [2.45, 2.75) is 13.0 Å². The molecule has 3 nitrogen and oxygen atoms in total. The second kappa shape index (κ2) is 5.50. The SMILES string of the molecule is Cc1ccc(F)cc1C(O)c1ccnn1-c1ccccc1. The third kappa shape index (κ3) is 2.58. The maximum absolute atomic E-state index is 13.4. The summed E-state index contributed by atoms with van der Waals surface area (Å²) in [5.41, 5.74) is 2.85. The largest absolute Gasteiger partial charge is 0.382 e. The Morgan fingerprint density at radius 1 is 1.10 bits per heavy atom. The van der Waals surface area contributed by atoms with E-state index >= 15 is 0 Å². The highest BCUT2D eigenvalue weighted by Crippen LogP contribution is 2.26. The zero-order valence-electron chi connectivity index (χ0n) is 11.6. The molecule has 0 fully saturated rings. The Bertz CT molecular complexity index is 752. The van der Waals surface area contributed by atoms with Crippen LogP contribution in [0.15, 0.2) is 60.8 Å². The van der Waals surface area contributed by atoms with E-state index in [0.29, 0.717) is 11.3 Å². The minimum Gasteiger partial charge on any atom is -0.382 e. The Kier molecular flexibility index (Phi) is 3.54. The number of rotatable bonds is 3. The average Bonchev–Trinajstić information content (AvgIpc) is 2.99. The molecule has 4 heteroatoms. The maximum Gasteiger partial charge on any atom is 0.123 e. The molecular formula is C17H15FN2O. The first kappa shape index (κ1) is 13.5. The molecular weight excluding hydrogens is 267 g/mol. The fourth-order valence-electron chi connectivity index (χ4n) is 2.37. The molecule has 1 unspecified atom stereocenters. The van der Waals surface area contributed by atoms with Gasteiger partial charge in [0.15, 0.2) is 0 Å². The molecule has 1 N–H and O–H groups in total. The van der Waals surface area contributed by atoms with Gasteiger partial charge in [-0.2, -0.15) is 5.10 Å². The lowest BCUT2D eigenvalue weighted by molar-refractivity contribution is 0.210. The summed E-state index contributed by atoms with van der Waals surface area (Å²) in [5, 5.41) is 14.8. The van der Waals surface area contributed by atoms with Crippen molar-refractivity contribution in [3.05, 3.63) is 83.4 Å². The van der Waals surface area contributed by atoms with Gasteiger partial charge in [0.25, 0.3) is 0 Å². The number of nitrogens with zero attached hydrogens (tertiary/aromatic N) is 2. The number of aliphatic hydroxyl groups is 1. The Labute approximate surface area is 122 Å². The number of hydrogen-bond donors (Lipinski definition) is 1. The highest BCUT2D eigenvalue weighted by molar-refractivity contribution is 5.38. The average molecular weight is 282 g/mol. The van der Waals surface area contributed by atoms with Crippen LogP contribution in [0.4, 0.5) is 4.39 Å². The van der Waals surface area contributed by atoms with Crippen molar-refractivity contribution in [1.82, 2.24) is 9.78 Å². The second-order valence-corrected chi connectivity index (χ2v) is 4.91. The Morgan fingerprint density at radius 3 is 2.62 bits per heavy atom. The summed E-state index contributed by atoms with van der Waals surface area (Å²) in [6.45, 7) is 1.85. The van der Waals surface area contributed by atoms with Gasteiger partial charge in [-0.1, -0.05) is 24.3 Å². The number of hydrogen-bond acceptors (Lipinski definition) is 2. The maximum atomic E-state index is 13.4. The second-order valence-electron chi connectivity index (χ2n) is 4.91. The van der Waals surface area contributed by atoms with E-state index in [1.165, 1.54) is 12.1 Å². The van der Waals surface area contributed by atoms with E-state index < -0.39 is 6.10 Å². The summed E-state index contributed by atoms with van der Waals surface area (Å²) in [5.74, 6) is -0.361. The smallest absolute Gasteiger partial charge is 0.123 e. The Morgan fingerprint density at radius 2 is 1.86 bits per heavy atom. The molecule has 1 atom stereocenters. The molecule has 0 saturated carbocycles. The fraction of sp³-hybridized carbons (Fsp3) is 0.118. The summed E-state index contributed by atoms with van der Waals surface area (Å²) in [4.78, 5) is 0. The molecule has 1 aromatic heterocycles. The van der Waals surface area contributed by atoms with Crippen molar-refractivity contribution >= 4 is 0 Å². The minimum atomic E-state index is -0.927. The summed E-state index contributed by atoms with van der Waals surface area (Å²) in [7, 11) is 0. The molecule has 2 aromatic carbocycles. The number of para-hydroxylation sites is 1. The van der Waals surface area contributed by atoms with Gasteiger partial charge < -0.3 is 5.11 Å². The third-order valence-corrected chi connectivity index (χ3v) is 3.49. The van der Waals surface area contributed by atoms with Gasteiger partial charge in [0.2, 0.25) is 0 Å². The van der Waals surface area contributed by atoms with Gasteiger partial charge in [0.05, 0.1) is 11.4 Å². The van der Waals surface area contributed by atoms with Crippen LogP contribution in [-0.4, -0.2) is 14.9 Å². The van der Waals surface area contributed by atoms with E-state index in [0.717, 1.165) is 11.3 Å². The fourth-order valence-corrected chi connectivity index (χ4v) is 2.37. The first-order valence-electron chi connectivity index (χ1n) is 6.70. The molecule has 0 amide bonds. The number of aliphatic hydroxyl groups excluding tert-OH is 1. The number of halogens is 1. The van der Waals surface area contributed by atoms with E-state index in [9.17, 15) is 9.50 Å². The Balaban J connectivity index is 2.06. The van der Waals surface area contributed by atoms with E-state index in [2.05, 4.69) is 5.10 Å². The highest BCUT2D eigenvalue weighted by atomic mass is 19.1. The summed E-state index contributed by atoms with van der Waals surface area (Å²) >= 11 is 0. The molecule has 21 heavy (non-hydrogen) atoms. The van der Waals surface area contributed by atoms with Gasteiger partial charge in [0, 0.05) is 6.20 Å². The lowest BCUT2D eigenvalue weighted by Gasteiger charge is -2.16. The van der Waals surface area contributed by atoms with Crippen LogP contribution in [0, 0.1) is 12.7 Å². The lowest BCUT2D eigenvalue weighted by Crippen LogP contribution is -2.10. The normalized spacial score (nSPS) is 12.3. The lowest BCUT2D eigenvalue weighted by atomic mass is 10.0. The van der Waals surface area contributed by atoms with Crippen LogP contribution in [0.25, 0.3) is 5.69 Å². The van der Waals surface area contributed by atoms with E-state index in [1.54, 1.807) is 23.0 Å². The molecule has 0 radical (unpaired) electrons. The molecule has 0 bridgehead atoms. The van der Waals surface area contributed by atoms with Crippen LogP contribution < -0.4 is 0 Å². The summed E-state index contributed by atoms with van der Waals surface area (Å²) in [6.07, 6.45) is 0.698. The predicted octanol–water partition coefficient (Wildman–Crippen LogP) is 3.40. The first-order valence-corrected chi connectivity index (χ1v) is 6.70. The van der Waals surface area contributed by atoms with Crippen LogP contribution in [-0.2, 0) is 0 Å². The monoisotopic (exact) mass is 282 g/mol. The van der Waals surface area contributed by atoms with Crippen molar-refractivity contribution in [3.63, 3.8) is 0 Å². The van der Waals surface area contributed by atoms with Gasteiger partial charge in [-0.3, -0.25) is 0 Å². The molecule has 1 heterocycles. The van der Waals surface area contributed by atoms with Crippen LogP contribution in [0.5, 0.6) is 0 Å². The predicted molar refractivity (Wildman–Crippen MR) is 78.8 cm³/mol. The van der Waals surface area contributed by atoms with Crippen LogP contribution in [0.1, 0.15) is 22.9 Å². The van der Waals surface area contributed by atoms with Gasteiger partial charge >= 0.3 is 0 Å². The van der Waals surface area contributed by atoms with Gasteiger partial charge in [0.1, 0.15) is 11.9 Å². The number of benzene rings is 2.